The molecule has 0 aliphatic carbocycles. The number of nitrogens with zero attached hydrogens (tertiary/aromatic N) is 1. The molecule has 0 unspecified atom stereocenters. The second kappa shape index (κ2) is 10.2. The number of benzene rings is 1. The van der Waals surface area contributed by atoms with E-state index in [0.29, 0.717) is 25.1 Å². The Bertz CT molecular complexity index is 514. The largest absolute Gasteiger partial charge is 0.352 e. The molecule has 1 heterocycles. The molecule has 2 aromatic rings. The summed E-state index contributed by atoms with van der Waals surface area (Å²) in [5, 5.41) is 2.87. The van der Waals surface area contributed by atoms with Crippen molar-refractivity contribution in [3.05, 3.63) is 53.6 Å². The lowest BCUT2D eigenvalue weighted by molar-refractivity contribution is 0.0954. The van der Waals surface area contributed by atoms with Crippen LogP contribution < -0.4 is 11.1 Å². The lowest BCUT2D eigenvalue weighted by Crippen LogP contribution is -2.25. The molecule has 1 aromatic carbocycles. The van der Waals surface area contributed by atoms with Crippen LogP contribution in [-0.2, 0) is 12.8 Å². The van der Waals surface area contributed by atoms with Crippen LogP contribution in [-0.4, -0.2) is 29.0 Å². The quantitative estimate of drug-likeness (QED) is 0.754. The van der Waals surface area contributed by atoms with Crippen LogP contribution >= 0.6 is 24.8 Å². The van der Waals surface area contributed by atoms with Crippen LogP contribution in [0, 0.1) is 0 Å². The van der Waals surface area contributed by atoms with Crippen molar-refractivity contribution < 1.29 is 4.79 Å². The first-order chi connectivity index (χ1) is 9.29. The van der Waals surface area contributed by atoms with Crippen molar-refractivity contribution in [2.75, 3.05) is 13.1 Å². The third-order valence-electron chi connectivity index (χ3n) is 2.85. The Morgan fingerprint density at radius 1 is 1.19 bits per heavy atom. The van der Waals surface area contributed by atoms with Crippen molar-refractivity contribution in [3.8, 4) is 0 Å². The fourth-order valence-electron chi connectivity index (χ4n) is 1.82. The van der Waals surface area contributed by atoms with Gasteiger partial charge in [-0.3, -0.25) is 4.79 Å². The number of hydrogen-bond acceptors (Lipinski definition) is 3. The number of imidazole rings is 1. The van der Waals surface area contributed by atoms with E-state index in [9.17, 15) is 4.79 Å². The van der Waals surface area contributed by atoms with Gasteiger partial charge in [-0.1, -0.05) is 12.1 Å². The molecule has 0 bridgehead atoms. The number of halogens is 2. The van der Waals surface area contributed by atoms with Gasteiger partial charge < -0.3 is 16.0 Å². The minimum Gasteiger partial charge on any atom is -0.352 e. The van der Waals surface area contributed by atoms with Gasteiger partial charge in [-0.15, -0.1) is 24.8 Å². The normalized spacial score (nSPS) is 9.38. The molecule has 5 nitrogen and oxygen atoms in total. The first-order valence-electron chi connectivity index (χ1n) is 6.35. The number of nitrogens with one attached hydrogen (secondary N) is 2. The Balaban J connectivity index is 0.00000200. The van der Waals surface area contributed by atoms with Crippen molar-refractivity contribution in [1.29, 1.82) is 0 Å². The number of rotatable bonds is 6. The summed E-state index contributed by atoms with van der Waals surface area (Å²) in [6.45, 7) is 1.19. The van der Waals surface area contributed by atoms with Crippen molar-refractivity contribution in [1.82, 2.24) is 15.3 Å². The van der Waals surface area contributed by atoms with Gasteiger partial charge in [0.2, 0.25) is 0 Å². The van der Waals surface area contributed by atoms with Gasteiger partial charge in [0.1, 0.15) is 5.82 Å². The molecule has 0 saturated heterocycles. The van der Waals surface area contributed by atoms with Crippen molar-refractivity contribution in [3.63, 3.8) is 0 Å². The smallest absolute Gasteiger partial charge is 0.251 e. The average molecular weight is 331 g/mol. The number of carbonyl (C=O) groups excluding carboxylic acids is 1. The summed E-state index contributed by atoms with van der Waals surface area (Å²) in [4.78, 5) is 19.0. The Morgan fingerprint density at radius 3 is 2.48 bits per heavy atom. The number of nitrogens with two attached hydrogens (primary N) is 1. The summed E-state index contributed by atoms with van der Waals surface area (Å²) in [7, 11) is 0. The number of amides is 1. The van der Waals surface area contributed by atoms with E-state index >= 15 is 0 Å². The van der Waals surface area contributed by atoms with E-state index in [2.05, 4.69) is 15.3 Å². The van der Waals surface area contributed by atoms with Crippen LogP contribution in [0.2, 0.25) is 0 Å². The lowest BCUT2D eigenvalue weighted by Gasteiger charge is -2.05. The van der Waals surface area contributed by atoms with Crippen molar-refractivity contribution in [2.24, 2.45) is 5.73 Å². The van der Waals surface area contributed by atoms with E-state index in [0.717, 1.165) is 17.8 Å². The highest BCUT2D eigenvalue weighted by Crippen LogP contribution is 2.04. The van der Waals surface area contributed by atoms with E-state index in [4.69, 9.17) is 5.73 Å². The van der Waals surface area contributed by atoms with Gasteiger partial charge in [-0.25, -0.2) is 4.98 Å². The van der Waals surface area contributed by atoms with Crippen LogP contribution in [0.5, 0.6) is 0 Å². The molecule has 4 N–H and O–H groups in total. The Labute approximate surface area is 136 Å². The standard InChI is InChI=1S/C14H18N4O.2ClH/c15-7-5-11-1-3-12(4-2-11)14(19)18-8-6-13-16-9-10-17-13;;/h1-4,9-10H,5-8,15H2,(H,16,17)(H,18,19);2*1H. The maximum absolute atomic E-state index is 11.9. The van der Waals surface area contributed by atoms with E-state index < -0.39 is 0 Å². The molecule has 1 amide bonds. The molecule has 2 rings (SSSR count). The summed E-state index contributed by atoms with van der Waals surface area (Å²) < 4.78 is 0. The number of H-pyrrole nitrogens is 1. The average Bonchev–Trinajstić information content (AvgIpc) is 2.93. The molecule has 1 aromatic heterocycles. The fourth-order valence-corrected chi connectivity index (χ4v) is 1.82. The molecule has 0 radical (unpaired) electrons. The predicted molar refractivity (Wildman–Crippen MR) is 88.3 cm³/mol. The van der Waals surface area contributed by atoms with Gasteiger partial charge in [-0.2, -0.15) is 0 Å². The van der Waals surface area contributed by atoms with Gasteiger partial charge in [-0.05, 0) is 30.7 Å². The number of carbonyl (C=O) groups is 1. The monoisotopic (exact) mass is 330 g/mol. The first kappa shape index (κ1) is 19.4. The molecule has 116 valence electrons. The zero-order chi connectivity index (χ0) is 13.5. The van der Waals surface area contributed by atoms with Crippen LogP contribution in [0.1, 0.15) is 21.7 Å². The summed E-state index contributed by atoms with van der Waals surface area (Å²) in [6.07, 6.45) is 5.00. The molecular formula is C14H20Cl2N4O. The maximum atomic E-state index is 11.9. The first-order valence-corrected chi connectivity index (χ1v) is 6.35. The molecule has 0 spiro atoms. The second-order valence-corrected chi connectivity index (χ2v) is 4.28. The van der Waals surface area contributed by atoms with Crippen LogP contribution in [0.3, 0.4) is 0 Å². The van der Waals surface area contributed by atoms with Crippen molar-refractivity contribution in [2.45, 2.75) is 12.8 Å². The second-order valence-electron chi connectivity index (χ2n) is 4.28. The number of hydrogen-bond donors (Lipinski definition) is 3. The summed E-state index contributed by atoms with van der Waals surface area (Å²) >= 11 is 0. The molecule has 0 aliphatic heterocycles. The Hall–Kier alpha value is -1.56. The minimum atomic E-state index is -0.0640. The maximum Gasteiger partial charge on any atom is 0.251 e. The van der Waals surface area contributed by atoms with Gasteiger partial charge in [0.05, 0.1) is 0 Å². The van der Waals surface area contributed by atoms with Crippen LogP contribution in [0.4, 0.5) is 0 Å². The van der Waals surface area contributed by atoms with Gasteiger partial charge in [0, 0.05) is 30.9 Å². The minimum absolute atomic E-state index is 0. The Kier molecular flexibility index (Phi) is 9.45. The SMILES string of the molecule is Cl.Cl.NCCc1ccc(C(=O)NCCc2ncc[nH]2)cc1. The van der Waals surface area contributed by atoms with Gasteiger partial charge in [0.15, 0.2) is 0 Å². The number of aromatic nitrogens is 2. The van der Waals surface area contributed by atoms with Gasteiger partial charge >= 0.3 is 0 Å². The predicted octanol–water partition coefficient (Wildman–Crippen LogP) is 1.73. The van der Waals surface area contributed by atoms with Crippen LogP contribution in [0.15, 0.2) is 36.7 Å². The molecular weight excluding hydrogens is 311 g/mol. The topological polar surface area (TPSA) is 83.8 Å². The summed E-state index contributed by atoms with van der Waals surface area (Å²) in [6, 6.07) is 7.53. The van der Waals surface area contributed by atoms with E-state index in [1.54, 1.807) is 12.4 Å². The lowest BCUT2D eigenvalue weighted by atomic mass is 10.1. The molecule has 7 heteroatoms. The number of aromatic amines is 1. The third kappa shape index (κ3) is 6.16. The highest BCUT2D eigenvalue weighted by molar-refractivity contribution is 5.94. The third-order valence-corrected chi connectivity index (χ3v) is 2.85. The molecule has 21 heavy (non-hydrogen) atoms. The fraction of sp³-hybridized carbons (Fsp3) is 0.286. The highest BCUT2D eigenvalue weighted by Gasteiger charge is 2.05. The zero-order valence-electron chi connectivity index (χ0n) is 11.5. The molecule has 0 atom stereocenters. The zero-order valence-corrected chi connectivity index (χ0v) is 13.2. The highest BCUT2D eigenvalue weighted by atomic mass is 35.5. The summed E-state index contributed by atoms with van der Waals surface area (Å²) in [5.74, 6) is 0.810. The molecule has 0 aliphatic rings. The van der Waals surface area contributed by atoms with Gasteiger partial charge in [0.25, 0.3) is 5.91 Å². The van der Waals surface area contributed by atoms with E-state index in [1.165, 1.54) is 0 Å². The molecule has 0 fully saturated rings. The van der Waals surface area contributed by atoms with E-state index in [1.807, 2.05) is 24.3 Å². The van der Waals surface area contributed by atoms with E-state index in [-0.39, 0.29) is 30.7 Å². The summed E-state index contributed by atoms with van der Waals surface area (Å²) in [5.41, 5.74) is 7.30. The molecule has 0 saturated carbocycles. The Morgan fingerprint density at radius 2 is 1.90 bits per heavy atom. The van der Waals surface area contributed by atoms with Crippen molar-refractivity contribution >= 4 is 30.7 Å². The van der Waals surface area contributed by atoms with Crippen LogP contribution in [0.25, 0.3) is 0 Å².